The Morgan fingerprint density at radius 1 is 0.157 bits per heavy atom. The molecule has 13 aromatic carbocycles. The fourth-order valence-corrected chi connectivity index (χ4v) is 21.7. The first kappa shape index (κ1) is 63.3. The number of nitrogens with zero attached hydrogens (tertiary/aromatic N) is 12. The van der Waals surface area contributed by atoms with Gasteiger partial charge < -0.3 is 29.4 Å². The van der Waals surface area contributed by atoms with Crippen molar-refractivity contribution in [2.75, 3.05) is 29.4 Å². The van der Waals surface area contributed by atoms with Crippen molar-refractivity contribution in [2.24, 2.45) is 0 Å². The number of rotatable bonds is 9. The molecule has 0 radical (unpaired) electrons. The average molecular weight is 1500 g/mol. The summed E-state index contributed by atoms with van der Waals surface area (Å²) in [5, 5.41) is 0. The molecule has 0 unspecified atom stereocenters. The van der Waals surface area contributed by atoms with E-state index in [0.717, 1.165) is 148 Å². The fraction of sp³-hybridized carbons (Fsp3) is 0. The topological polar surface area (TPSA) is 96.8 Å². The molecule has 0 saturated carbocycles. The third-order valence-corrected chi connectivity index (χ3v) is 26.7. The van der Waals surface area contributed by atoms with Gasteiger partial charge in [-0.25, -0.2) is 29.9 Å². The monoisotopic (exact) mass is 1490 g/mol. The van der Waals surface area contributed by atoms with Gasteiger partial charge in [0.1, 0.15) is 0 Å². The Morgan fingerprint density at radius 3 is 0.528 bits per heavy atom. The van der Waals surface area contributed by atoms with Gasteiger partial charge in [-0.15, -0.1) is 0 Å². The Balaban J connectivity index is 0.635. The molecule has 6 aliphatic rings. The van der Waals surface area contributed by atoms with Crippen molar-refractivity contribution < 1.29 is 0 Å². The lowest BCUT2D eigenvalue weighted by molar-refractivity contribution is 1.09. The Bertz CT molecular complexity index is 5610. The summed E-state index contributed by atoms with van der Waals surface area (Å²) in [6.07, 6.45) is 11.6. The van der Waals surface area contributed by atoms with Gasteiger partial charge in [-0.05, 0) is 182 Å². The van der Waals surface area contributed by atoms with E-state index >= 15 is 0 Å². The van der Waals surface area contributed by atoms with Gasteiger partial charge in [0.15, 0.2) is 17.5 Å². The number of benzene rings is 13. The molecule has 0 fully saturated rings. The summed E-state index contributed by atoms with van der Waals surface area (Å²) < 4.78 is 0. The van der Waals surface area contributed by atoms with Crippen LogP contribution < -0.4 is 29.4 Å². The van der Waals surface area contributed by atoms with Crippen LogP contribution >= 0.6 is 70.6 Å². The number of anilines is 18. The zero-order valence-corrected chi connectivity index (χ0v) is 61.9. The van der Waals surface area contributed by atoms with Crippen LogP contribution in [-0.4, -0.2) is 29.9 Å². The Labute approximate surface area is 648 Å². The van der Waals surface area contributed by atoms with Crippen molar-refractivity contribution in [3.63, 3.8) is 0 Å². The van der Waals surface area contributed by atoms with E-state index in [1.54, 1.807) is 35.3 Å². The molecule has 0 N–H and O–H groups in total. The zero-order chi connectivity index (χ0) is 70.9. The molecule has 22 rings (SSSR count). The molecule has 510 valence electrons. The van der Waals surface area contributed by atoms with E-state index in [9.17, 15) is 0 Å². The molecule has 3 aromatic heterocycles. The lowest BCUT2D eigenvalue weighted by Crippen LogP contribution is -2.18. The highest BCUT2D eigenvalue weighted by molar-refractivity contribution is 8.01. The second-order valence-electron chi connectivity index (χ2n) is 26.4. The minimum atomic E-state index is 0.521. The van der Waals surface area contributed by atoms with Gasteiger partial charge in [0.2, 0.25) is 0 Å². The van der Waals surface area contributed by atoms with Crippen molar-refractivity contribution in [3.8, 4) is 34.2 Å². The summed E-state index contributed by atoms with van der Waals surface area (Å²) in [6, 6.07) is 104. The molecule has 16 aromatic rings. The Hall–Kier alpha value is -12.0. The fourth-order valence-electron chi connectivity index (χ4n) is 15.2. The van der Waals surface area contributed by atoms with Crippen LogP contribution in [0.4, 0.5) is 102 Å². The predicted molar refractivity (Wildman–Crippen MR) is 442 cm³/mol. The molecule has 6 aliphatic heterocycles. The first-order valence-corrected chi connectivity index (χ1v) is 40.1. The van der Waals surface area contributed by atoms with Gasteiger partial charge in [0, 0.05) is 92.5 Å². The minimum Gasteiger partial charge on any atom is -0.308 e. The molecule has 0 atom stereocenters. The molecule has 0 saturated heterocycles. The van der Waals surface area contributed by atoms with E-state index in [-0.39, 0.29) is 0 Å². The van der Waals surface area contributed by atoms with Crippen LogP contribution in [0.3, 0.4) is 0 Å². The Morgan fingerprint density at radius 2 is 0.324 bits per heavy atom. The molecule has 0 amide bonds. The van der Waals surface area contributed by atoms with Crippen molar-refractivity contribution in [1.29, 1.82) is 0 Å². The molecule has 18 heteroatoms. The van der Waals surface area contributed by atoms with E-state index in [0.29, 0.717) is 17.5 Å². The molecular weight excluding hydrogens is 1440 g/mol. The van der Waals surface area contributed by atoms with E-state index in [4.69, 9.17) is 29.9 Å². The molecule has 0 bridgehead atoms. The van der Waals surface area contributed by atoms with Gasteiger partial charge in [0.05, 0.1) is 122 Å². The summed E-state index contributed by atoms with van der Waals surface area (Å²) in [5.74, 6) is 1.56. The summed E-state index contributed by atoms with van der Waals surface area (Å²) >= 11 is 10.8. The first-order chi connectivity index (χ1) is 53.5. The van der Waals surface area contributed by atoms with Crippen molar-refractivity contribution >= 4 is 173 Å². The highest BCUT2D eigenvalue weighted by Gasteiger charge is 2.35. The van der Waals surface area contributed by atoms with Gasteiger partial charge in [0.25, 0.3) is 0 Å². The second kappa shape index (κ2) is 25.9. The van der Waals surface area contributed by atoms with Crippen LogP contribution in [0.1, 0.15) is 0 Å². The molecule has 9 heterocycles. The van der Waals surface area contributed by atoms with Gasteiger partial charge in [-0.3, -0.25) is 0 Å². The molecule has 108 heavy (non-hydrogen) atoms. The van der Waals surface area contributed by atoms with Crippen LogP contribution in [0.15, 0.2) is 387 Å². The Kier molecular flexibility index (Phi) is 15.2. The molecule has 0 aliphatic carbocycles. The smallest absolute Gasteiger partial charge is 0.159 e. The van der Waals surface area contributed by atoms with Crippen molar-refractivity contribution in [2.45, 2.75) is 58.7 Å². The highest BCUT2D eigenvalue weighted by atomic mass is 32.2. The van der Waals surface area contributed by atoms with Gasteiger partial charge in [-0.1, -0.05) is 180 Å². The van der Waals surface area contributed by atoms with Crippen LogP contribution in [0.5, 0.6) is 0 Å². The van der Waals surface area contributed by atoms with E-state index in [2.05, 4.69) is 321 Å². The molecular formula is C90H54N12S6. The summed E-state index contributed by atoms with van der Waals surface area (Å²) in [5.41, 5.74) is 21.2. The summed E-state index contributed by atoms with van der Waals surface area (Å²) in [4.78, 5) is 59.6. The lowest BCUT2D eigenvalue weighted by atomic mass is 10.0. The standard InChI is InChI=1S/C90H54N12S6/c1-10-28-76-64(19-1)97(65-20-2-11-29-77(65)103-76)58-37-40-73-85(46-58)106-82-34-16-7-25-70(82)100(73)61-49-91-88(92-50-61)55-43-56(89-93-51-62(52-94-89)101-71-26-8-17-35-83(71)107-86-47-59(38-41-74(86)101)98-66-21-3-12-30-78(66)104-79-31-13-4-22-67(79)98)45-57(44-55)90-95-53-63(54-96-90)102-72-27-9-18-36-84(72)108-87-48-60(39-42-75(87)102)99-68-23-5-14-32-80(68)105-81-33-15-6-24-69(81)99/h1-54H. The van der Waals surface area contributed by atoms with Crippen LogP contribution in [0, 0.1) is 0 Å². The third kappa shape index (κ3) is 10.7. The maximum absolute atomic E-state index is 5.26. The molecule has 0 spiro atoms. The van der Waals surface area contributed by atoms with Gasteiger partial charge in [-0.2, -0.15) is 0 Å². The maximum atomic E-state index is 5.26. The second-order valence-corrected chi connectivity index (χ2v) is 32.9. The summed E-state index contributed by atoms with van der Waals surface area (Å²) in [6.45, 7) is 0. The SMILES string of the molecule is c1ccc2c(c1)Sc1ccccc1N2c1ccc2c(c1)Sc1ccccc1N2c1cnc(-c2cc(-c3ncc(N4c5ccccc5Sc5cc(N6c7ccccc7Sc7ccccc76)ccc54)cn3)cc(-c3ncc(N4c5ccccc5Sc5cc(N6c7ccccc7Sc7ccccc76)ccc54)cn3)c2)nc1. The maximum Gasteiger partial charge on any atom is 0.159 e. The van der Waals surface area contributed by atoms with E-state index in [1.165, 1.54) is 29.4 Å². The predicted octanol–water partition coefficient (Wildman–Crippen LogP) is 26.7. The average Bonchev–Trinajstić information content (AvgIpc) is 0.749. The zero-order valence-electron chi connectivity index (χ0n) is 57.0. The van der Waals surface area contributed by atoms with E-state index in [1.807, 2.05) is 72.5 Å². The number of aromatic nitrogens is 6. The normalized spacial score (nSPS) is 13.8. The largest absolute Gasteiger partial charge is 0.308 e. The number of hydrogen-bond donors (Lipinski definition) is 0. The molecule has 12 nitrogen and oxygen atoms in total. The number of para-hydroxylation sites is 9. The van der Waals surface area contributed by atoms with Crippen LogP contribution in [-0.2, 0) is 0 Å². The number of fused-ring (bicyclic) bond motifs is 12. The van der Waals surface area contributed by atoms with Gasteiger partial charge >= 0.3 is 0 Å². The van der Waals surface area contributed by atoms with Crippen LogP contribution in [0.2, 0.25) is 0 Å². The van der Waals surface area contributed by atoms with Crippen molar-refractivity contribution in [3.05, 3.63) is 328 Å². The highest BCUT2D eigenvalue weighted by Crippen LogP contribution is 2.60. The minimum absolute atomic E-state index is 0.521. The van der Waals surface area contributed by atoms with Crippen LogP contribution in [0.25, 0.3) is 34.2 Å². The third-order valence-electron chi connectivity index (χ3n) is 20.0. The van der Waals surface area contributed by atoms with Crippen molar-refractivity contribution in [1.82, 2.24) is 29.9 Å². The van der Waals surface area contributed by atoms with E-state index < -0.39 is 0 Å². The first-order valence-electron chi connectivity index (χ1n) is 35.2. The lowest BCUT2D eigenvalue weighted by Gasteiger charge is -2.35. The quantitative estimate of drug-likeness (QED) is 0.137. The number of hydrogen-bond acceptors (Lipinski definition) is 18. The summed E-state index contributed by atoms with van der Waals surface area (Å²) in [7, 11) is 0.